The van der Waals surface area contributed by atoms with Gasteiger partial charge in [0.05, 0.1) is 12.7 Å². The maximum absolute atomic E-state index is 10.5. The van der Waals surface area contributed by atoms with Crippen molar-refractivity contribution in [2.75, 3.05) is 20.3 Å². The molecule has 0 aliphatic rings. The molecule has 0 fully saturated rings. The van der Waals surface area contributed by atoms with E-state index in [1.165, 1.54) is 6.92 Å². The van der Waals surface area contributed by atoms with Crippen LogP contribution >= 0.6 is 0 Å². The van der Waals surface area contributed by atoms with Crippen molar-refractivity contribution in [2.24, 2.45) is 5.92 Å². The average molecular weight is 190 g/mol. The summed E-state index contributed by atoms with van der Waals surface area (Å²) in [5.41, 5.74) is 0. The van der Waals surface area contributed by atoms with Crippen molar-refractivity contribution in [1.29, 1.82) is 0 Å². The first-order valence-electron chi connectivity index (χ1n) is 4.38. The molecule has 2 atom stereocenters. The molecule has 2 unspecified atom stereocenters. The summed E-state index contributed by atoms with van der Waals surface area (Å²) in [5.74, 6) is -0.357. The molecule has 1 N–H and O–H groups in total. The first kappa shape index (κ1) is 12.4. The van der Waals surface area contributed by atoms with E-state index in [0.29, 0.717) is 13.0 Å². The van der Waals surface area contributed by atoms with E-state index in [1.807, 2.05) is 6.92 Å². The highest BCUT2D eigenvalue weighted by Crippen LogP contribution is 2.07. The molecular formula is C9H18O4. The van der Waals surface area contributed by atoms with Gasteiger partial charge in [0.2, 0.25) is 0 Å². The number of hydrogen-bond donors (Lipinski definition) is 1. The first-order valence-corrected chi connectivity index (χ1v) is 4.38. The van der Waals surface area contributed by atoms with E-state index in [2.05, 4.69) is 0 Å². The Hall–Kier alpha value is -0.610. The lowest BCUT2D eigenvalue weighted by Crippen LogP contribution is -2.24. The topological polar surface area (TPSA) is 55.8 Å². The fourth-order valence-electron chi connectivity index (χ4n) is 0.883. The van der Waals surface area contributed by atoms with Gasteiger partial charge in [0.15, 0.2) is 0 Å². The van der Waals surface area contributed by atoms with Gasteiger partial charge < -0.3 is 14.6 Å². The Morgan fingerprint density at radius 2 is 2.15 bits per heavy atom. The summed E-state index contributed by atoms with van der Waals surface area (Å²) >= 11 is 0. The molecule has 0 aromatic rings. The standard InChI is InChI=1S/C9H18O4/c1-7(6-13-8(2)10)9(11)4-5-12-3/h7,9,11H,4-6H2,1-3H3. The van der Waals surface area contributed by atoms with Crippen molar-refractivity contribution in [3.05, 3.63) is 0 Å². The molecular weight excluding hydrogens is 172 g/mol. The lowest BCUT2D eigenvalue weighted by atomic mass is 10.0. The summed E-state index contributed by atoms with van der Waals surface area (Å²) in [5, 5.41) is 9.49. The van der Waals surface area contributed by atoms with E-state index in [-0.39, 0.29) is 18.5 Å². The third-order valence-corrected chi connectivity index (χ3v) is 1.82. The van der Waals surface area contributed by atoms with Crippen LogP contribution in [-0.4, -0.2) is 37.5 Å². The third kappa shape index (κ3) is 6.54. The van der Waals surface area contributed by atoms with Crippen LogP contribution in [-0.2, 0) is 14.3 Å². The van der Waals surface area contributed by atoms with Crippen LogP contribution in [0.3, 0.4) is 0 Å². The molecule has 0 aliphatic heterocycles. The summed E-state index contributed by atoms with van der Waals surface area (Å²) in [4.78, 5) is 10.5. The zero-order chi connectivity index (χ0) is 10.3. The lowest BCUT2D eigenvalue weighted by molar-refractivity contribution is -0.143. The van der Waals surface area contributed by atoms with Gasteiger partial charge in [-0.3, -0.25) is 4.79 Å². The van der Waals surface area contributed by atoms with E-state index in [9.17, 15) is 9.90 Å². The quantitative estimate of drug-likeness (QED) is 0.622. The minimum absolute atomic E-state index is 0.0425. The number of carbonyl (C=O) groups is 1. The van der Waals surface area contributed by atoms with Gasteiger partial charge in [-0.05, 0) is 6.42 Å². The zero-order valence-corrected chi connectivity index (χ0v) is 8.45. The summed E-state index contributed by atoms with van der Waals surface area (Å²) < 4.78 is 9.59. The Kier molecular flexibility index (Phi) is 6.54. The second kappa shape index (κ2) is 6.86. The van der Waals surface area contributed by atoms with Crippen molar-refractivity contribution >= 4 is 5.97 Å². The maximum Gasteiger partial charge on any atom is 0.302 e. The molecule has 0 amide bonds. The summed E-state index contributed by atoms with van der Waals surface area (Å²) in [6.07, 6.45) is 0.0955. The van der Waals surface area contributed by atoms with Crippen molar-refractivity contribution in [3.63, 3.8) is 0 Å². The van der Waals surface area contributed by atoms with Gasteiger partial charge in [-0.1, -0.05) is 6.92 Å². The summed E-state index contributed by atoms with van der Waals surface area (Å²) in [6, 6.07) is 0. The Balaban J connectivity index is 3.56. The molecule has 0 aromatic heterocycles. The molecule has 0 aromatic carbocycles. The molecule has 0 rings (SSSR count). The number of esters is 1. The lowest BCUT2D eigenvalue weighted by Gasteiger charge is -2.17. The predicted molar refractivity (Wildman–Crippen MR) is 48.3 cm³/mol. The molecule has 0 radical (unpaired) electrons. The van der Waals surface area contributed by atoms with Crippen LogP contribution < -0.4 is 0 Å². The minimum atomic E-state index is -0.473. The molecule has 78 valence electrons. The number of aliphatic hydroxyl groups excluding tert-OH is 1. The molecule has 0 spiro atoms. The van der Waals surface area contributed by atoms with Crippen LogP contribution in [0.4, 0.5) is 0 Å². The van der Waals surface area contributed by atoms with E-state index in [4.69, 9.17) is 9.47 Å². The first-order chi connectivity index (χ1) is 6.07. The monoisotopic (exact) mass is 190 g/mol. The van der Waals surface area contributed by atoms with Crippen LogP contribution in [0.25, 0.3) is 0 Å². The van der Waals surface area contributed by atoms with Crippen LogP contribution in [0.15, 0.2) is 0 Å². The smallest absolute Gasteiger partial charge is 0.302 e. The minimum Gasteiger partial charge on any atom is -0.465 e. The second-order valence-electron chi connectivity index (χ2n) is 3.13. The van der Waals surface area contributed by atoms with Gasteiger partial charge in [-0.25, -0.2) is 0 Å². The predicted octanol–water partition coefficient (Wildman–Crippen LogP) is 0.583. The van der Waals surface area contributed by atoms with Gasteiger partial charge in [0.25, 0.3) is 0 Å². The van der Waals surface area contributed by atoms with Gasteiger partial charge in [-0.15, -0.1) is 0 Å². The highest BCUT2D eigenvalue weighted by molar-refractivity contribution is 5.65. The summed E-state index contributed by atoms with van der Waals surface area (Å²) in [7, 11) is 1.59. The van der Waals surface area contributed by atoms with Gasteiger partial charge in [0.1, 0.15) is 0 Å². The van der Waals surface area contributed by atoms with E-state index >= 15 is 0 Å². The largest absolute Gasteiger partial charge is 0.465 e. The van der Waals surface area contributed by atoms with Crippen LogP contribution in [0.5, 0.6) is 0 Å². The van der Waals surface area contributed by atoms with Gasteiger partial charge in [-0.2, -0.15) is 0 Å². The average Bonchev–Trinajstić information content (AvgIpc) is 2.10. The van der Waals surface area contributed by atoms with Gasteiger partial charge >= 0.3 is 5.97 Å². The van der Waals surface area contributed by atoms with Crippen molar-refractivity contribution in [1.82, 2.24) is 0 Å². The van der Waals surface area contributed by atoms with Crippen molar-refractivity contribution in [3.8, 4) is 0 Å². The molecule has 13 heavy (non-hydrogen) atoms. The van der Waals surface area contributed by atoms with Crippen LogP contribution in [0.2, 0.25) is 0 Å². The second-order valence-corrected chi connectivity index (χ2v) is 3.13. The number of aliphatic hydroxyl groups is 1. The van der Waals surface area contributed by atoms with E-state index in [0.717, 1.165) is 0 Å². The van der Waals surface area contributed by atoms with Crippen LogP contribution in [0, 0.1) is 5.92 Å². The van der Waals surface area contributed by atoms with E-state index < -0.39 is 6.10 Å². The molecule has 4 nitrogen and oxygen atoms in total. The Bertz CT molecular complexity index is 147. The number of rotatable bonds is 6. The number of carbonyl (C=O) groups excluding carboxylic acids is 1. The number of ether oxygens (including phenoxy) is 2. The molecule has 0 bridgehead atoms. The summed E-state index contributed by atoms with van der Waals surface area (Å²) in [6.45, 7) is 3.98. The third-order valence-electron chi connectivity index (χ3n) is 1.82. The highest BCUT2D eigenvalue weighted by Gasteiger charge is 2.14. The van der Waals surface area contributed by atoms with Crippen molar-refractivity contribution < 1.29 is 19.4 Å². The highest BCUT2D eigenvalue weighted by atomic mass is 16.5. The molecule has 0 heterocycles. The fraction of sp³-hybridized carbons (Fsp3) is 0.889. The molecule has 0 aliphatic carbocycles. The number of hydrogen-bond acceptors (Lipinski definition) is 4. The molecule has 4 heteroatoms. The Morgan fingerprint density at radius 1 is 1.54 bits per heavy atom. The molecule has 0 saturated carbocycles. The normalized spacial score (nSPS) is 15.1. The molecule has 0 saturated heterocycles. The maximum atomic E-state index is 10.5. The fourth-order valence-corrected chi connectivity index (χ4v) is 0.883. The van der Waals surface area contributed by atoms with Crippen molar-refractivity contribution in [2.45, 2.75) is 26.4 Å². The van der Waals surface area contributed by atoms with E-state index in [1.54, 1.807) is 7.11 Å². The Labute approximate surface area is 78.8 Å². The zero-order valence-electron chi connectivity index (χ0n) is 8.45. The van der Waals surface area contributed by atoms with Gasteiger partial charge in [0, 0.05) is 26.6 Å². The Morgan fingerprint density at radius 3 is 2.62 bits per heavy atom. The van der Waals surface area contributed by atoms with Crippen LogP contribution in [0.1, 0.15) is 20.3 Å². The number of methoxy groups -OCH3 is 1. The SMILES string of the molecule is COCCC(O)C(C)COC(C)=O.